The third-order valence-electron chi connectivity index (χ3n) is 3.44. The Morgan fingerprint density at radius 2 is 2.30 bits per heavy atom. The van der Waals surface area contributed by atoms with Gasteiger partial charge in [-0.3, -0.25) is 9.59 Å². The first-order valence-corrected chi connectivity index (χ1v) is 8.02. The van der Waals surface area contributed by atoms with Gasteiger partial charge < -0.3 is 10.2 Å². The van der Waals surface area contributed by atoms with Gasteiger partial charge in [-0.25, -0.2) is 4.98 Å². The molecule has 1 aliphatic rings. The van der Waals surface area contributed by atoms with Crippen molar-refractivity contribution in [3.05, 3.63) is 11.1 Å². The van der Waals surface area contributed by atoms with Gasteiger partial charge >= 0.3 is 0 Å². The molecule has 2 heterocycles. The van der Waals surface area contributed by atoms with Gasteiger partial charge in [0.1, 0.15) is 6.04 Å². The summed E-state index contributed by atoms with van der Waals surface area (Å²) in [6.07, 6.45) is 4.04. The second-order valence-electron chi connectivity index (χ2n) is 5.13. The van der Waals surface area contributed by atoms with Crippen molar-refractivity contribution in [3.63, 3.8) is 0 Å². The third kappa shape index (κ3) is 3.56. The number of aromatic nitrogens is 1. The molecule has 20 heavy (non-hydrogen) atoms. The van der Waals surface area contributed by atoms with E-state index in [4.69, 9.17) is 0 Å². The minimum absolute atomic E-state index is 0.0858. The van der Waals surface area contributed by atoms with Gasteiger partial charge in [-0.2, -0.15) is 0 Å². The summed E-state index contributed by atoms with van der Waals surface area (Å²) in [5.74, 6) is -0.0221. The molecule has 0 aliphatic carbocycles. The Kier molecular flexibility index (Phi) is 5.11. The fourth-order valence-electron chi connectivity index (χ4n) is 2.46. The van der Waals surface area contributed by atoms with Gasteiger partial charge in [0.15, 0.2) is 5.13 Å². The van der Waals surface area contributed by atoms with E-state index in [0.717, 1.165) is 31.4 Å². The van der Waals surface area contributed by atoms with Crippen molar-refractivity contribution >= 4 is 28.3 Å². The number of aryl methyl sites for hydroxylation is 1. The van der Waals surface area contributed by atoms with Crippen molar-refractivity contribution in [1.29, 1.82) is 0 Å². The van der Waals surface area contributed by atoms with Crippen LogP contribution >= 0.6 is 11.3 Å². The van der Waals surface area contributed by atoms with Crippen LogP contribution in [0.25, 0.3) is 0 Å². The zero-order valence-corrected chi connectivity index (χ0v) is 12.8. The number of thiazole rings is 1. The fourth-order valence-corrected chi connectivity index (χ4v) is 3.15. The van der Waals surface area contributed by atoms with Crippen molar-refractivity contribution in [3.8, 4) is 0 Å². The Balaban J connectivity index is 2.03. The summed E-state index contributed by atoms with van der Waals surface area (Å²) >= 11 is 1.42. The number of nitrogens with zero attached hydrogens (tertiary/aromatic N) is 2. The molecule has 1 saturated heterocycles. The van der Waals surface area contributed by atoms with Crippen LogP contribution in [0.4, 0.5) is 5.13 Å². The van der Waals surface area contributed by atoms with E-state index in [0.29, 0.717) is 18.1 Å². The first kappa shape index (κ1) is 15.0. The van der Waals surface area contributed by atoms with E-state index in [-0.39, 0.29) is 17.9 Å². The molecule has 2 rings (SSSR count). The summed E-state index contributed by atoms with van der Waals surface area (Å²) in [6.45, 7) is 4.56. The molecule has 0 saturated carbocycles. The van der Waals surface area contributed by atoms with Crippen molar-refractivity contribution < 1.29 is 9.59 Å². The molecule has 2 amide bonds. The van der Waals surface area contributed by atoms with Crippen LogP contribution in [0.1, 0.15) is 44.7 Å². The number of anilines is 1. The van der Waals surface area contributed by atoms with Crippen LogP contribution in [-0.4, -0.2) is 34.3 Å². The number of carbonyl (C=O) groups excluding carboxylic acids is 2. The van der Waals surface area contributed by atoms with Crippen molar-refractivity contribution in [2.24, 2.45) is 0 Å². The van der Waals surface area contributed by atoms with Gasteiger partial charge in [0, 0.05) is 18.3 Å². The van der Waals surface area contributed by atoms with Crippen LogP contribution in [0.15, 0.2) is 5.38 Å². The highest BCUT2D eigenvalue weighted by atomic mass is 32.1. The molecule has 0 bridgehead atoms. The highest BCUT2D eigenvalue weighted by molar-refractivity contribution is 7.13. The molecule has 6 heteroatoms. The topological polar surface area (TPSA) is 62.3 Å². The Morgan fingerprint density at radius 3 is 2.95 bits per heavy atom. The molecule has 110 valence electrons. The Morgan fingerprint density at radius 1 is 1.50 bits per heavy atom. The van der Waals surface area contributed by atoms with Gasteiger partial charge in [0.05, 0.1) is 5.69 Å². The highest BCUT2D eigenvalue weighted by Crippen LogP contribution is 2.21. The van der Waals surface area contributed by atoms with Crippen molar-refractivity contribution in [1.82, 2.24) is 9.88 Å². The van der Waals surface area contributed by atoms with Crippen LogP contribution in [0.5, 0.6) is 0 Å². The molecule has 1 aromatic rings. The van der Waals surface area contributed by atoms with Gasteiger partial charge in [-0.05, 0) is 32.6 Å². The number of piperidine rings is 1. The minimum Gasteiger partial charge on any atom is -0.331 e. The minimum atomic E-state index is -0.341. The van der Waals surface area contributed by atoms with E-state index in [1.165, 1.54) is 11.3 Å². The maximum atomic E-state index is 12.4. The normalized spacial score (nSPS) is 18.9. The Labute approximate surface area is 123 Å². The predicted molar refractivity (Wildman–Crippen MR) is 79.7 cm³/mol. The van der Waals surface area contributed by atoms with Gasteiger partial charge in [0.2, 0.25) is 11.8 Å². The van der Waals surface area contributed by atoms with Gasteiger partial charge in [-0.1, -0.05) is 6.92 Å². The molecule has 0 aromatic carbocycles. The average Bonchev–Trinajstić information content (AvgIpc) is 2.84. The maximum Gasteiger partial charge on any atom is 0.248 e. The van der Waals surface area contributed by atoms with E-state index in [9.17, 15) is 9.59 Å². The van der Waals surface area contributed by atoms with Crippen LogP contribution in [0.2, 0.25) is 0 Å². The molecular formula is C14H21N3O2S. The van der Waals surface area contributed by atoms with Gasteiger partial charge in [0.25, 0.3) is 0 Å². The number of hydrogen-bond donors (Lipinski definition) is 1. The van der Waals surface area contributed by atoms with E-state index in [1.807, 2.05) is 19.2 Å². The van der Waals surface area contributed by atoms with Gasteiger partial charge in [-0.15, -0.1) is 11.3 Å². The molecule has 1 aromatic heterocycles. The number of rotatable bonds is 4. The lowest BCUT2D eigenvalue weighted by atomic mass is 10.0. The number of nitrogens with one attached hydrogen (secondary N) is 1. The fraction of sp³-hybridized carbons (Fsp3) is 0.643. The summed E-state index contributed by atoms with van der Waals surface area (Å²) < 4.78 is 0. The lowest BCUT2D eigenvalue weighted by molar-refractivity contribution is -0.140. The molecule has 1 unspecified atom stereocenters. The molecule has 5 nitrogen and oxygen atoms in total. The summed E-state index contributed by atoms with van der Waals surface area (Å²) in [4.78, 5) is 30.4. The summed E-state index contributed by atoms with van der Waals surface area (Å²) in [5, 5.41) is 5.35. The van der Waals surface area contributed by atoms with E-state index < -0.39 is 0 Å². The third-order valence-corrected chi connectivity index (χ3v) is 4.31. The molecule has 0 spiro atoms. The van der Waals surface area contributed by atoms with Crippen LogP contribution in [-0.2, 0) is 9.59 Å². The molecule has 1 atom stereocenters. The Hall–Kier alpha value is -1.43. The molecule has 1 aliphatic heterocycles. The summed E-state index contributed by atoms with van der Waals surface area (Å²) in [6, 6.07) is -0.341. The molecular weight excluding hydrogens is 274 g/mol. The average molecular weight is 295 g/mol. The largest absolute Gasteiger partial charge is 0.331 e. The van der Waals surface area contributed by atoms with Crippen LogP contribution < -0.4 is 5.32 Å². The number of carbonyl (C=O) groups is 2. The lowest BCUT2D eigenvalue weighted by Crippen LogP contribution is -2.49. The van der Waals surface area contributed by atoms with E-state index in [2.05, 4.69) is 10.3 Å². The number of hydrogen-bond acceptors (Lipinski definition) is 4. The smallest absolute Gasteiger partial charge is 0.248 e. The highest BCUT2D eigenvalue weighted by Gasteiger charge is 2.31. The zero-order valence-electron chi connectivity index (χ0n) is 12.0. The SMILES string of the molecule is CCCC(=O)N1CCCCC1C(=O)Nc1nc(C)cs1. The first-order valence-electron chi connectivity index (χ1n) is 7.14. The quantitative estimate of drug-likeness (QED) is 0.928. The second-order valence-corrected chi connectivity index (χ2v) is 5.99. The lowest BCUT2D eigenvalue weighted by Gasteiger charge is -2.34. The molecule has 0 radical (unpaired) electrons. The predicted octanol–water partition coefficient (Wildman–Crippen LogP) is 2.57. The van der Waals surface area contributed by atoms with E-state index in [1.54, 1.807) is 4.90 Å². The summed E-state index contributed by atoms with van der Waals surface area (Å²) in [7, 11) is 0. The zero-order chi connectivity index (χ0) is 14.5. The monoisotopic (exact) mass is 295 g/mol. The maximum absolute atomic E-state index is 12.4. The van der Waals surface area contributed by atoms with E-state index >= 15 is 0 Å². The Bertz CT molecular complexity index is 487. The van der Waals surface area contributed by atoms with Crippen molar-refractivity contribution in [2.45, 2.75) is 52.0 Å². The molecule has 1 fully saturated rings. The number of amides is 2. The van der Waals surface area contributed by atoms with Crippen LogP contribution in [0.3, 0.4) is 0 Å². The standard InChI is InChI=1S/C14H21N3O2S/c1-3-6-12(18)17-8-5-4-7-11(17)13(19)16-14-15-10(2)9-20-14/h9,11H,3-8H2,1-2H3,(H,15,16,19). The van der Waals surface area contributed by atoms with Crippen LogP contribution in [0, 0.1) is 6.92 Å². The first-order chi connectivity index (χ1) is 9.61. The summed E-state index contributed by atoms with van der Waals surface area (Å²) in [5.41, 5.74) is 0.896. The van der Waals surface area contributed by atoms with Crippen molar-refractivity contribution in [2.75, 3.05) is 11.9 Å². The number of likely N-dealkylation sites (tertiary alicyclic amines) is 1. The molecule has 1 N–H and O–H groups in total. The second kappa shape index (κ2) is 6.83.